The highest BCUT2D eigenvalue weighted by atomic mass is 19.1. The summed E-state index contributed by atoms with van der Waals surface area (Å²) in [5, 5.41) is 8.22. The van der Waals surface area contributed by atoms with E-state index in [1.165, 1.54) is 0 Å². The van der Waals surface area contributed by atoms with Gasteiger partial charge in [0.2, 0.25) is 5.91 Å². The number of halogens is 2. The summed E-state index contributed by atoms with van der Waals surface area (Å²) in [6, 6.07) is 0.838. The Hall–Kier alpha value is -1.92. The largest absolute Gasteiger partial charge is 0.368 e. The molecule has 0 saturated carbocycles. The van der Waals surface area contributed by atoms with Crippen molar-refractivity contribution in [1.82, 2.24) is 10.3 Å². The number of pyridine rings is 1. The third-order valence-corrected chi connectivity index (χ3v) is 2.57. The molecule has 1 rings (SSSR count). The van der Waals surface area contributed by atoms with Crippen LogP contribution in [0.4, 0.5) is 20.4 Å². The lowest BCUT2D eigenvalue weighted by Crippen LogP contribution is -2.31. The lowest BCUT2D eigenvalue weighted by Gasteiger charge is -2.11. The van der Waals surface area contributed by atoms with E-state index in [0.717, 1.165) is 12.5 Å². The third-order valence-electron chi connectivity index (χ3n) is 2.57. The number of amides is 1. The second-order valence-electron chi connectivity index (χ2n) is 4.97. The van der Waals surface area contributed by atoms with E-state index >= 15 is 0 Å². The summed E-state index contributed by atoms with van der Waals surface area (Å²) >= 11 is 0. The van der Waals surface area contributed by atoms with Crippen molar-refractivity contribution < 1.29 is 13.6 Å². The van der Waals surface area contributed by atoms with Crippen LogP contribution in [0.15, 0.2) is 6.07 Å². The summed E-state index contributed by atoms with van der Waals surface area (Å²) < 4.78 is 27.1. The minimum Gasteiger partial charge on any atom is -0.368 e. The summed E-state index contributed by atoms with van der Waals surface area (Å²) in [6.45, 7) is 6.42. The molecule has 1 heterocycles. The molecule has 1 amide bonds. The van der Waals surface area contributed by atoms with Gasteiger partial charge in [0, 0.05) is 31.6 Å². The standard InChI is InChI=1S/C14H22F2N4O/c1-4-6-17-13-10(15)8-11(16)14(20-13)18-7-5-12(21)19-9(2)3/h8-9H,4-7H2,1-3H3,(H,19,21)(H2,17,18,20). The summed E-state index contributed by atoms with van der Waals surface area (Å²) in [6.07, 6.45) is 0.991. The second kappa shape index (κ2) is 8.39. The van der Waals surface area contributed by atoms with Gasteiger partial charge in [0.25, 0.3) is 0 Å². The Balaban J connectivity index is 2.59. The van der Waals surface area contributed by atoms with Crippen LogP contribution in [-0.4, -0.2) is 30.0 Å². The van der Waals surface area contributed by atoms with E-state index in [-0.39, 0.29) is 36.6 Å². The molecular formula is C14H22F2N4O. The third kappa shape index (κ3) is 5.93. The zero-order valence-electron chi connectivity index (χ0n) is 12.6. The van der Waals surface area contributed by atoms with Gasteiger partial charge in [-0.05, 0) is 20.3 Å². The molecule has 0 aliphatic rings. The Morgan fingerprint density at radius 3 is 2.29 bits per heavy atom. The molecule has 21 heavy (non-hydrogen) atoms. The van der Waals surface area contributed by atoms with Crippen LogP contribution in [0, 0.1) is 11.6 Å². The molecule has 0 unspecified atom stereocenters. The predicted molar refractivity (Wildman–Crippen MR) is 79.3 cm³/mol. The van der Waals surface area contributed by atoms with E-state index in [1.807, 2.05) is 20.8 Å². The van der Waals surface area contributed by atoms with Crippen LogP contribution in [0.5, 0.6) is 0 Å². The van der Waals surface area contributed by atoms with Crippen LogP contribution >= 0.6 is 0 Å². The number of carbonyl (C=O) groups is 1. The van der Waals surface area contributed by atoms with Gasteiger partial charge in [0.05, 0.1) is 0 Å². The van der Waals surface area contributed by atoms with Gasteiger partial charge >= 0.3 is 0 Å². The molecule has 0 aromatic carbocycles. The highest BCUT2D eigenvalue weighted by Crippen LogP contribution is 2.18. The summed E-state index contributed by atoms with van der Waals surface area (Å²) in [5.41, 5.74) is 0. The van der Waals surface area contributed by atoms with Crippen molar-refractivity contribution in [3.05, 3.63) is 17.7 Å². The van der Waals surface area contributed by atoms with Gasteiger partial charge in [0.1, 0.15) is 0 Å². The van der Waals surface area contributed by atoms with Crippen LogP contribution in [-0.2, 0) is 4.79 Å². The van der Waals surface area contributed by atoms with Gasteiger partial charge in [-0.3, -0.25) is 4.79 Å². The maximum Gasteiger partial charge on any atom is 0.221 e. The normalized spacial score (nSPS) is 10.6. The van der Waals surface area contributed by atoms with Crippen molar-refractivity contribution in [3.63, 3.8) is 0 Å². The van der Waals surface area contributed by atoms with Crippen LogP contribution in [0.25, 0.3) is 0 Å². The van der Waals surface area contributed by atoms with Crippen molar-refractivity contribution in [2.24, 2.45) is 0 Å². The SMILES string of the molecule is CCCNc1nc(NCCC(=O)NC(C)C)c(F)cc1F. The van der Waals surface area contributed by atoms with Gasteiger partial charge in [-0.15, -0.1) is 0 Å². The Morgan fingerprint density at radius 2 is 1.76 bits per heavy atom. The Kier molecular flexibility index (Phi) is 6.84. The van der Waals surface area contributed by atoms with Gasteiger partial charge in [-0.1, -0.05) is 6.92 Å². The van der Waals surface area contributed by atoms with Crippen LogP contribution in [0.1, 0.15) is 33.6 Å². The highest BCUT2D eigenvalue weighted by Gasteiger charge is 2.12. The molecule has 118 valence electrons. The van der Waals surface area contributed by atoms with Crippen molar-refractivity contribution >= 4 is 17.5 Å². The van der Waals surface area contributed by atoms with Gasteiger partial charge in [-0.25, -0.2) is 13.8 Å². The van der Waals surface area contributed by atoms with Gasteiger partial charge in [-0.2, -0.15) is 0 Å². The van der Waals surface area contributed by atoms with Crippen molar-refractivity contribution in [2.75, 3.05) is 23.7 Å². The van der Waals surface area contributed by atoms with Crippen LogP contribution in [0.2, 0.25) is 0 Å². The Bertz CT molecular complexity index is 480. The minimum atomic E-state index is -0.779. The average molecular weight is 300 g/mol. The molecule has 0 atom stereocenters. The first-order valence-corrected chi connectivity index (χ1v) is 7.07. The fraction of sp³-hybridized carbons (Fsp3) is 0.571. The van der Waals surface area contributed by atoms with E-state index in [1.54, 1.807) is 0 Å². The summed E-state index contributed by atoms with van der Waals surface area (Å²) in [5.74, 6) is -1.70. The molecule has 0 aliphatic carbocycles. The average Bonchev–Trinajstić information content (AvgIpc) is 2.39. The molecule has 0 bridgehead atoms. The topological polar surface area (TPSA) is 66.0 Å². The molecule has 0 fully saturated rings. The van der Waals surface area contributed by atoms with E-state index in [2.05, 4.69) is 20.9 Å². The van der Waals surface area contributed by atoms with Crippen LogP contribution in [0.3, 0.4) is 0 Å². The molecule has 0 radical (unpaired) electrons. The zero-order valence-corrected chi connectivity index (χ0v) is 12.6. The Labute approximate surface area is 123 Å². The summed E-state index contributed by atoms with van der Waals surface area (Å²) in [4.78, 5) is 15.3. The molecule has 3 N–H and O–H groups in total. The number of aromatic nitrogens is 1. The lowest BCUT2D eigenvalue weighted by molar-refractivity contribution is -0.121. The molecule has 5 nitrogen and oxygen atoms in total. The van der Waals surface area contributed by atoms with E-state index in [4.69, 9.17) is 0 Å². The first-order valence-electron chi connectivity index (χ1n) is 7.07. The lowest BCUT2D eigenvalue weighted by atomic mass is 10.3. The maximum absolute atomic E-state index is 13.6. The first-order chi connectivity index (χ1) is 9.93. The number of anilines is 2. The number of nitrogens with one attached hydrogen (secondary N) is 3. The van der Waals surface area contributed by atoms with Crippen molar-refractivity contribution in [1.29, 1.82) is 0 Å². The summed E-state index contributed by atoms with van der Waals surface area (Å²) in [7, 11) is 0. The molecular weight excluding hydrogens is 278 g/mol. The van der Waals surface area contributed by atoms with Crippen molar-refractivity contribution in [3.8, 4) is 0 Å². The number of rotatable bonds is 8. The molecule has 0 spiro atoms. The molecule has 0 aliphatic heterocycles. The number of nitrogens with zero attached hydrogens (tertiary/aromatic N) is 1. The second-order valence-corrected chi connectivity index (χ2v) is 4.97. The number of hydrogen-bond acceptors (Lipinski definition) is 4. The van der Waals surface area contributed by atoms with E-state index in [0.29, 0.717) is 6.54 Å². The molecule has 1 aromatic rings. The molecule has 0 saturated heterocycles. The fourth-order valence-corrected chi connectivity index (χ4v) is 1.65. The zero-order chi connectivity index (χ0) is 15.8. The monoisotopic (exact) mass is 300 g/mol. The minimum absolute atomic E-state index is 0.00684. The van der Waals surface area contributed by atoms with E-state index < -0.39 is 11.6 Å². The van der Waals surface area contributed by atoms with Crippen molar-refractivity contribution in [2.45, 2.75) is 39.7 Å². The predicted octanol–water partition coefficient (Wildman–Crippen LogP) is 2.51. The van der Waals surface area contributed by atoms with E-state index in [9.17, 15) is 13.6 Å². The Morgan fingerprint density at radius 1 is 1.19 bits per heavy atom. The van der Waals surface area contributed by atoms with Gasteiger partial charge in [0.15, 0.2) is 23.3 Å². The number of carbonyl (C=O) groups excluding carboxylic acids is 1. The smallest absolute Gasteiger partial charge is 0.221 e. The first kappa shape index (κ1) is 17.1. The quantitative estimate of drug-likeness (QED) is 0.690. The fourth-order valence-electron chi connectivity index (χ4n) is 1.65. The molecule has 7 heteroatoms. The van der Waals surface area contributed by atoms with Crippen LogP contribution < -0.4 is 16.0 Å². The van der Waals surface area contributed by atoms with Gasteiger partial charge < -0.3 is 16.0 Å². The highest BCUT2D eigenvalue weighted by molar-refractivity contribution is 5.76. The molecule has 1 aromatic heterocycles. The maximum atomic E-state index is 13.6. The number of hydrogen-bond donors (Lipinski definition) is 3.